The summed E-state index contributed by atoms with van der Waals surface area (Å²) in [6.07, 6.45) is 5.90. The van der Waals surface area contributed by atoms with Gasteiger partial charge in [0.2, 0.25) is 5.91 Å². The SMILES string of the molecule is CCN(CC)CCC(=O)Nc1ccc(C2CCCC2)cc1. The Labute approximate surface area is 128 Å². The van der Waals surface area contributed by atoms with Gasteiger partial charge in [-0.3, -0.25) is 4.79 Å². The van der Waals surface area contributed by atoms with E-state index in [2.05, 4.69) is 36.2 Å². The van der Waals surface area contributed by atoms with Crippen LogP contribution in [0.5, 0.6) is 0 Å². The number of carbonyl (C=O) groups excluding carboxylic acids is 1. The molecule has 116 valence electrons. The van der Waals surface area contributed by atoms with E-state index in [1.54, 1.807) is 0 Å². The Bertz CT molecular complexity index is 431. The van der Waals surface area contributed by atoms with E-state index < -0.39 is 0 Å². The lowest BCUT2D eigenvalue weighted by atomic mass is 9.97. The lowest BCUT2D eigenvalue weighted by Crippen LogP contribution is -2.27. The van der Waals surface area contributed by atoms with Gasteiger partial charge in [0.05, 0.1) is 0 Å². The van der Waals surface area contributed by atoms with Gasteiger partial charge in [0.1, 0.15) is 0 Å². The molecule has 2 rings (SSSR count). The number of hydrogen-bond acceptors (Lipinski definition) is 2. The second kappa shape index (κ2) is 8.18. The molecule has 0 atom stereocenters. The van der Waals surface area contributed by atoms with Crippen molar-refractivity contribution in [3.63, 3.8) is 0 Å². The third-order valence-electron chi connectivity index (χ3n) is 4.57. The van der Waals surface area contributed by atoms with Gasteiger partial charge < -0.3 is 10.2 Å². The van der Waals surface area contributed by atoms with Gasteiger partial charge in [-0.15, -0.1) is 0 Å². The second-order valence-electron chi connectivity index (χ2n) is 5.93. The Morgan fingerprint density at radius 1 is 1.14 bits per heavy atom. The zero-order chi connectivity index (χ0) is 15.1. The monoisotopic (exact) mass is 288 g/mol. The van der Waals surface area contributed by atoms with E-state index in [9.17, 15) is 4.79 Å². The Morgan fingerprint density at radius 3 is 2.33 bits per heavy atom. The average molecular weight is 288 g/mol. The highest BCUT2D eigenvalue weighted by atomic mass is 16.1. The molecule has 0 heterocycles. The lowest BCUT2D eigenvalue weighted by molar-refractivity contribution is -0.116. The molecule has 1 aromatic carbocycles. The van der Waals surface area contributed by atoms with E-state index in [1.807, 2.05) is 12.1 Å². The van der Waals surface area contributed by atoms with Crippen LogP contribution in [-0.2, 0) is 4.79 Å². The van der Waals surface area contributed by atoms with Crippen molar-refractivity contribution in [1.82, 2.24) is 4.90 Å². The number of benzene rings is 1. The molecular weight excluding hydrogens is 260 g/mol. The Hall–Kier alpha value is -1.35. The maximum Gasteiger partial charge on any atom is 0.225 e. The fourth-order valence-electron chi connectivity index (χ4n) is 3.12. The molecule has 1 aliphatic rings. The van der Waals surface area contributed by atoms with Gasteiger partial charge in [-0.25, -0.2) is 0 Å². The molecule has 0 radical (unpaired) electrons. The predicted molar refractivity (Wildman–Crippen MR) is 88.7 cm³/mol. The fourth-order valence-corrected chi connectivity index (χ4v) is 3.12. The summed E-state index contributed by atoms with van der Waals surface area (Å²) in [7, 11) is 0. The molecule has 0 spiro atoms. The summed E-state index contributed by atoms with van der Waals surface area (Å²) in [5, 5.41) is 3.00. The third-order valence-corrected chi connectivity index (χ3v) is 4.57. The summed E-state index contributed by atoms with van der Waals surface area (Å²) in [6.45, 7) is 7.09. The van der Waals surface area contributed by atoms with Crippen molar-refractivity contribution in [3.05, 3.63) is 29.8 Å². The Balaban J connectivity index is 1.80. The lowest BCUT2D eigenvalue weighted by Gasteiger charge is -2.17. The van der Waals surface area contributed by atoms with Gasteiger partial charge >= 0.3 is 0 Å². The van der Waals surface area contributed by atoms with Gasteiger partial charge in [0, 0.05) is 18.7 Å². The van der Waals surface area contributed by atoms with Crippen LogP contribution in [0.15, 0.2) is 24.3 Å². The average Bonchev–Trinajstić information content (AvgIpc) is 3.03. The molecule has 0 aromatic heterocycles. The third kappa shape index (κ3) is 4.85. The van der Waals surface area contributed by atoms with Crippen LogP contribution >= 0.6 is 0 Å². The van der Waals surface area contributed by atoms with Crippen molar-refractivity contribution in [2.24, 2.45) is 0 Å². The minimum absolute atomic E-state index is 0.107. The molecule has 1 saturated carbocycles. The van der Waals surface area contributed by atoms with Crippen molar-refractivity contribution in [3.8, 4) is 0 Å². The maximum absolute atomic E-state index is 12.0. The van der Waals surface area contributed by atoms with Gasteiger partial charge in [-0.05, 0) is 49.5 Å². The minimum Gasteiger partial charge on any atom is -0.326 e. The summed E-state index contributed by atoms with van der Waals surface area (Å²) in [5.41, 5.74) is 2.34. The molecule has 3 nitrogen and oxygen atoms in total. The molecule has 1 N–H and O–H groups in total. The van der Waals surface area contributed by atoms with Crippen molar-refractivity contribution in [2.45, 2.75) is 51.9 Å². The molecule has 0 aliphatic heterocycles. The van der Waals surface area contributed by atoms with Gasteiger partial charge in [-0.1, -0.05) is 38.8 Å². The van der Waals surface area contributed by atoms with E-state index in [0.717, 1.165) is 31.2 Å². The largest absolute Gasteiger partial charge is 0.326 e. The molecule has 1 fully saturated rings. The predicted octanol–water partition coefficient (Wildman–Crippen LogP) is 4.01. The van der Waals surface area contributed by atoms with Crippen LogP contribution in [0.1, 0.15) is 57.4 Å². The van der Waals surface area contributed by atoms with Crippen molar-refractivity contribution < 1.29 is 4.79 Å². The fraction of sp³-hybridized carbons (Fsp3) is 0.611. The number of nitrogens with one attached hydrogen (secondary N) is 1. The number of rotatable bonds is 7. The summed E-state index contributed by atoms with van der Waals surface area (Å²) in [6, 6.07) is 8.44. The number of anilines is 1. The maximum atomic E-state index is 12.0. The highest BCUT2D eigenvalue weighted by Crippen LogP contribution is 2.34. The number of nitrogens with zero attached hydrogens (tertiary/aromatic N) is 1. The van der Waals surface area contributed by atoms with E-state index in [-0.39, 0.29) is 5.91 Å². The molecule has 3 heteroatoms. The first-order valence-corrected chi connectivity index (χ1v) is 8.35. The highest BCUT2D eigenvalue weighted by molar-refractivity contribution is 5.90. The van der Waals surface area contributed by atoms with E-state index in [4.69, 9.17) is 0 Å². The zero-order valence-corrected chi connectivity index (χ0v) is 13.4. The van der Waals surface area contributed by atoms with Crippen LogP contribution in [0.3, 0.4) is 0 Å². The minimum atomic E-state index is 0.107. The topological polar surface area (TPSA) is 32.3 Å². The van der Waals surface area contributed by atoms with E-state index >= 15 is 0 Å². The smallest absolute Gasteiger partial charge is 0.225 e. The van der Waals surface area contributed by atoms with Gasteiger partial charge in [0.15, 0.2) is 0 Å². The van der Waals surface area contributed by atoms with Crippen LogP contribution in [0, 0.1) is 0 Å². The van der Waals surface area contributed by atoms with E-state index in [0.29, 0.717) is 6.42 Å². The van der Waals surface area contributed by atoms with Crippen molar-refractivity contribution in [2.75, 3.05) is 25.0 Å². The first-order chi connectivity index (χ1) is 10.2. The van der Waals surface area contributed by atoms with Crippen LogP contribution in [0.2, 0.25) is 0 Å². The quantitative estimate of drug-likeness (QED) is 0.822. The Morgan fingerprint density at radius 2 is 1.76 bits per heavy atom. The van der Waals surface area contributed by atoms with Gasteiger partial charge in [0.25, 0.3) is 0 Å². The molecule has 0 unspecified atom stereocenters. The molecule has 21 heavy (non-hydrogen) atoms. The number of hydrogen-bond donors (Lipinski definition) is 1. The van der Waals surface area contributed by atoms with Crippen molar-refractivity contribution in [1.29, 1.82) is 0 Å². The normalized spacial score (nSPS) is 15.6. The molecule has 1 aliphatic carbocycles. The number of carbonyl (C=O) groups is 1. The second-order valence-corrected chi connectivity index (χ2v) is 5.93. The summed E-state index contributed by atoms with van der Waals surface area (Å²) in [4.78, 5) is 14.2. The van der Waals surface area contributed by atoms with Crippen molar-refractivity contribution >= 4 is 11.6 Å². The van der Waals surface area contributed by atoms with E-state index in [1.165, 1.54) is 31.2 Å². The first kappa shape index (κ1) is 16.0. The van der Waals surface area contributed by atoms with Crippen LogP contribution in [-0.4, -0.2) is 30.4 Å². The molecular formula is C18H28N2O. The molecule has 1 aromatic rings. The number of amides is 1. The Kier molecular flexibility index (Phi) is 6.24. The standard InChI is InChI=1S/C18H28N2O/c1-3-20(4-2)14-13-18(21)19-17-11-9-16(10-12-17)15-7-5-6-8-15/h9-12,15H,3-8,13-14H2,1-2H3,(H,19,21). The van der Waals surface area contributed by atoms with Gasteiger partial charge in [-0.2, -0.15) is 0 Å². The highest BCUT2D eigenvalue weighted by Gasteiger charge is 2.16. The molecule has 0 saturated heterocycles. The van der Waals surface area contributed by atoms with Crippen LogP contribution < -0.4 is 5.32 Å². The summed E-state index contributed by atoms with van der Waals surface area (Å²) >= 11 is 0. The van der Waals surface area contributed by atoms with Crippen LogP contribution in [0.4, 0.5) is 5.69 Å². The van der Waals surface area contributed by atoms with Crippen LogP contribution in [0.25, 0.3) is 0 Å². The summed E-state index contributed by atoms with van der Waals surface area (Å²) < 4.78 is 0. The molecule has 1 amide bonds. The molecule has 0 bridgehead atoms. The zero-order valence-electron chi connectivity index (χ0n) is 13.4. The first-order valence-electron chi connectivity index (χ1n) is 8.35. The summed E-state index contributed by atoms with van der Waals surface area (Å²) in [5.74, 6) is 0.841.